The zero-order valence-corrected chi connectivity index (χ0v) is 9.42. The summed E-state index contributed by atoms with van der Waals surface area (Å²) in [6, 6.07) is 6.66. The van der Waals surface area contributed by atoms with Gasteiger partial charge in [0, 0.05) is 6.61 Å². The molecule has 0 amide bonds. The highest BCUT2D eigenvalue weighted by atomic mass is 32.2. The molecule has 0 radical (unpaired) electrons. The Hall–Kier alpha value is -0.910. The number of hydrogen-bond donors (Lipinski definition) is 2. The number of benzene rings is 1. The summed E-state index contributed by atoms with van der Waals surface area (Å²) in [7, 11) is -1.95. The van der Waals surface area contributed by atoms with Crippen LogP contribution in [-0.4, -0.2) is 27.2 Å². The molecule has 0 saturated carbocycles. The van der Waals surface area contributed by atoms with Crippen molar-refractivity contribution in [1.29, 1.82) is 0 Å². The largest absolute Gasteiger partial charge is 0.396 e. The SMILES string of the molecule is CNS(=O)(=O)c1ccc(CCCO)cc1. The van der Waals surface area contributed by atoms with Gasteiger partial charge in [0.2, 0.25) is 10.0 Å². The molecular formula is C10H15NO3S. The van der Waals surface area contributed by atoms with Crippen LogP contribution in [0.4, 0.5) is 0 Å². The maximum absolute atomic E-state index is 11.4. The van der Waals surface area contributed by atoms with E-state index in [1.54, 1.807) is 24.3 Å². The normalized spacial score (nSPS) is 11.6. The van der Waals surface area contributed by atoms with Crippen molar-refractivity contribution < 1.29 is 13.5 Å². The molecule has 0 aliphatic carbocycles. The lowest BCUT2D eigenvalue weighted by Crippen LogP contribution is -2.18. The average Bonchev–Trinajstić information content (AvgIpc) is 2.27. The van der Waals surface area contributed by atoms with E-state index in [2.05, 4.69) is 4.72 Å². The molecule has 0 spiro atoms. The van der Waals surface area contributed by atoms with Crippen molar-refractivity contribution in [1.82, 2.24) is 4.72 Å². The fourth-order valence-corrected chi connectivity index (χ4v) is 1.97. The Morgan fingerprint density at radius 3 is 2.33 bits per heavy atom. The molecule has 0 bridgehead atoms. The summed E-state index contributed by atoms with van der Waals surface area (Å²) < 4.78 is 25.0. The minimum atomic E-state index is -3.33. The highest BCUT2D eigenvalue weighted by Crippen LogP contribution is 2.11. The number of rotatable bonds is 5. The summed E-state index contributed by atoms with van der Waals surface area (Å²) in [5.74, 6) is 0. The van der Waals surface area contributed by atoms with Crippen molar-refractivity contribution in [2.24, 2.45) is 0 Å². The number of sulfonamides is 1. The third-order valence-corrected chi connectivity index (χ3v) is 3.56. The Labute approximate surface area is 90.0 Å². The zero-order valence-electron chi connectivity index (χ0n) is 8.60. The van der Waals surface area contributed by atoms with E-state index < -0.39 is 10.0 Å². The average molecular weight is 229 g/mol. The van der Waals surface area contributed by atoms with Gasteiger partial charge < -0.3 is 5.11 Å². The lowest BCUT2D eigenvalue weighted by atomic mass is 10.1. The minimum absolute atomic E-state index is 0.149. The molecule has 1 rings (SSSR count). The minimum Gasteiger partial charge on any atom is -0.396 e. The third-order valence-electron chi connectivity index (χ3n) is 2.13. The van der Waals surface area contributed by atoms with Gasteiger partial charge in [-0.25, -0.2) is 13.1 Å². The first-order chi connectivity index (χ1) is 7.10. The van der Waals surface area contributed by atoms with E-state index in [1.807, 2.05) is 0 Å². The van der Waals surface area contributed by atoms with Gasteiger partial charge in [-0.15, -0.1) is 0 Å². The van der Waals surface area contributed by atoms with Crippen LogP contribution in [0.1, 0.15) is 12.0 Å². The first-order valence-corrected chi connectivity index (χ1v) is 6.22. The maximum atomic E-state index is 11.4. The van der Waals surface area contributed by atoms with E-state index in [-0.39, 0.29) is 11.5 Å². The van der Waals surface area contributed by atoms with Crippen molar-refractivity contribution in [3.63, 3.8) is 0 Å². The van der Waals surface area contributed by atoms with Gasteiger partial charge in [-0.2, -0.15) is 0 Å². The molecule has 0 saturated heterocycles. The molecule has 15 heavy (non-hydrogen) atoms. The van der Waals surface area contributed by atoms with E-state index in [1.165, 1.54) is 7.05 Å². The van der Waals surface area contributed by atoms with E-state index >= 15 is 0 Å². The van der Waals surface area contributed by atoms with Gasteiger partial charge in [0.1, 0.15) is 0 Å². The van der Waals surface area contributed by atoms with Crippen LogP contribution in [0.2, 0.25) is 0 Å². The Bertz CT molecular complexity index is 397. The molecule has 0 unspecified atom stereocenters. The fraction of sp³-hybridized carbons (Fsp3) is 0.400. The lowest BCUT2D eigenvalue weighted by Gasteiger charge is -2.03. The second-order valence-corrected chi connectivity index (χ2v) is 5.07. The number of aryl methyl sites for hydroxylation is 1. The first-order valence-electron chi connectivity index (χ1n) is 4.73. The summed E-state index contributed by atoms with van der Waals surface area (Å²) in [6.07, 6.45) is 1.45. The Morgan fingerprint density at radius 2 is 1.87 bits per heavy atom. The van der Waals surface area contributed by atoms with E-state index in [9.17, 15) is 8.42 Å². The van der Waals surface area contributed by atoms with Gasteiger partial charge in [0.15, 0.2) is 0 Å². The molecule has 4 nitrogen and oxygen atoms in total. The molecule has 0 fully saturated rings. The highest BCUT2D eigenvalue weighted by Gasteiger charge is 2.09. The zero-order chi connectivity index (χ0) is 11.3. The lowest BCUT2D eigenvalue weighted by molar-refractivity contribution is 0.288. The molecule has 1 aromatic rings. The van der Waals surface area contributed by atoms with Crippen LogP contribution in [0.25, 0.3) is 0 Å². The molecule has 5 heteroatoms. The van der Waals surface area contributed by atoms with Crippen molar-refractivity contribution in [3.05, 3.63) is 29.8 Å². The van der Waals surface area contributed by atoms with E-state index in [4.69, 9.17) is 5.11 Å². The standard InChI is InChI=1S/C10H15NO3S/c1-11-15(13,14)10-6-4-9(5-7-10)3-2-8-12/h4-7,11-12H,2-3,8H2,1H3. The molecule has 84 valence electrons. The van der Waals surface area contributed by atoms with Crippen molar-refractivity contribution >= 4 is 10.0 Å². The van der Waals surface area contributed by atoms with Crippen molar-refractivity contribution in [3.8, 4) is 0 Å². The van der Waals surface area contributed by atoms with Crippen LogP contribution in [0.15, 0.2) is 29.2 Å². The predicted molar refractivity (Wildman–Crippen MR) is 58.1 cm³/mol. The quantitative estimate of drug-likeness (QED) is 0.773. The number of aliphatic hydroxyl groups excluding tert-OH is 1. The summed E-state index contributed by atoms with van der Waals surface area (Å²) in [4.78, 5) is 0.262. The van der Waals surface area contributed by atoms with Gasteiger partial charge in [-0.3, -0.25) is 0 Å². The maximum Gasteiger partial charge on any atom is 0.240 e. The monoisotopic (exact) mass is 229 g/mol. The Balaban J connectivity index is 2.81. The van der Waals surface area contributed by atoms with Gasteiger partial charge in [-0.05, 0) is 37.6 Å². The Morgan fingerprint density at radius 1 is 1.27 bits per heavy atom. The predicted octanol–water partition coefficient (Wildman–Crippen LogP) is 0.520. The topological polar surface area (TPSA) is 66.4 Å². The van der Waals surface area contributed by atoms with Crippen LogP contribution >= 0.6 is 0 Å². The molecule has 0 aromatic heterocycles. The molecule has 2 N–H and O–H groups in total. The van der Waals surface area contributed by atoms with Crippen LogP contribution in [-0.2, 0) is 16.4 Å². The molecule has 0 aliphatic rings. The summed E-state index contributed by atoms with van der Waals surface area (Å²) in [5.41, 5.74) is 1.03. The van der Waals surface area contributed by atoms with Crippen LogP contribution in [0, 0.1) is 0 Å². The molecular weight excluding hydrogens is 214 g/mol. The highest BCUT2D eigenvalue weighted by molar-refractivity contribution is 7.89. The van der Waals surface area contributed by atoms with Crippen molar-refractivity contribution in [2.75, 3.05) is 13.7 Å². The van der Waals surface area contributed by atoms with Crippen LogP contribution in [0.5, 0.6) is 0 Å². The number of hydrogen-bond acceptors (Lipinski definition) is 3. The molecule has 0 heterocycles. The second kappa shape index (κ2) is 5.25. The Kier molecular flexibility index (Phi) is 4.26. The van der Waals surface area contributed by atoms with Gasteiger partial charge >= 0.3 is 0 Å². The van der Waals surface area contributed by atoms with Gasteiger partial charge in [0.25, 0.3) is 0 Å². The van der Waals surface area contributed by atoms with Gasteiger partial charge in [-0.1, -0.05) is 12.1 Å². The van der Waals surface area contributed by atoms with E-state index in [0.29, 0.717) is 6.42 Å². The number of aliphatic hydroxyl groups is 1. The van der Waals surface area contributed by atoms with Crippen molar-refractivity contribution in [2.45, 2.75) is 17.7 Å². The van der Waals surface area contributed by atoms with E-state index in [0.717, 1.165) is 12.0 Å². The molecule has 0 atom stereocenters. The van der Waals surface area contributed by atoms with Crippen LogP contribution in [0.3, 0.4) is 0 Å². The molecule has 1 aromatic carbocycles. The van der Waals surface area contributed by atoms with Gasteiger partial charge in [0.05, 0.1) is 4.90 Å². The fourth-order valence-electron chi connectivity index (χ4n) is 1.24. The number of nitrogens with one attached hydrogen (secondary N) is 1. The molecule has 0 aliphatic heterocycles. The van der Waals surface area contributed by atoms with Crippen LogP contribution < -0.4 is 4.72 Å². The summed E-state index contributed by atoms with van der Waals surface area (Å²) in [6.45, 7) is 0.149. The first kappa shape index (κ1) is 12.2. The summed E-state index contributed by atoms with van der Waals surface area (Å²) >= 11 is 0. The smallest absolute Gasteiger partial charge is 0.240 e. The third kappa shape index (κ3) is 3.30. The summed E-state index contributed by atoms with van der Waals surface area (Å²) in [5, 5.41) is 8.64. The second-order valence-electron chi connectivity index (χ2n) is 3.18.